The number of nitrogens with two attached hydrogens (primary N) is 2. The van der Waals surface area contributed by atoms with Gasteiger partial charge in [-0.25, -0.2) is 4.39 Å². The van der Waals surface area contributed by atoms with E-state index in [0.29, 0.717) is 0 Å². The van der Waals surface area contributed by atoms with Crippen molar-refractivity contribution >= 4 is 53.3 Å². The summed E-state index contributed by atoms with van der Waals surface area (Å²) in [7, 11) is 0. The summed E-state index contributed by atoms with van der Waals surface area (Å²) >= 11 is 0. The third-order valence-corrected chi connectivity index (χ3v) is 17.4. The molecule has 0 bridgehead atoms. The molecule has 6 aliphatic heterocycles. The monoisotopic (exact) mass is 1400 g/mol. The third kappa shape index (κ3) is 17.7. The molecular weight excluding hydrogens is 1310 g/mol. The zero-order valence-corrected chi connectivity index (χ0v) is 53.0. The van der Waals surface area contributed by atoms with E-state index in [1.165, 1.54) is 43.3 Å². The number of hydrogen-bond acceptors (Lipinski definition) is 32. The highest BCUT2D eigenvalue weighted by Gasteiger charge is 2.55. The van der Waals surface area contributed by atoms with Gasteiger partial charge < -0.3 is 148 Å². The second-order valence-electron chi connectivity index (χ2n) is 24.8. The first-order valence-corrected chi connectivity index (χ1v) is 31.3. The van der Waals surface area contributed by atoms with Crippen molar-refractivity contribution in [3.8, 4) is 5.75 Å². The van der Waals surface area contributed by atoms with Crippen LogP contribution in [-0.2, 0) is 63.7 Å². The van der Waals surface area contributed by atoms with Crippen molar-refractivity contribution < 1.29 is 133 Å². The Kier molecular flexibility index (Phi) is 26.0. The second kappa shape index (κ2) is 33.5. The minimum absolute atomic E-state index is 0.109. The van der Waals surface area contributed by atoms with Gasteiger partial charge in [-0.15, -0.1) is 0 Å². The molecule has 5 unspecified atom stereocenters. The molecule has 6 heterocycles. The SMILES string of the molecule is CC(C)CC(=O)O[C@@H]1[C@H](O)[C@@H](O[C@H]2[C@H](O)[C@H](O)[C@@H](Oc3ccc(C[C@H]4NC(=O)[C@H](C(C)c5ccc(F)cc5)NC(=O)CNC(=O)[C@H](CO)NC(=O)[C@@H](C(O)C5CN=C(N)N5[C@H]5O[C@H](CO)[C@@H](O)[C@H](O)[C@@H]5O)NC(=O)[C@H](C(O)C5CN=C(N)N5)NC4=O)cc3)O[C@@H]2CO)O[C@H](CO)[C@H]1O. The molecule has 24 N–H and O–H groups in total. The van der Waals surface area contributed by atoms with Crippen molar-refractivity contribution in [3.63, 3.8) is 0 Å². The molecular formula is C59H85FN12O26. The van der Waals surface area contributed by atoms with Crippen LogP contribution in [0.15, 0.2) is 58.5 Å². The lowest BCUT2D eigenvalue weighted by atomic mass is 9.92. The smallest absolute Gasteiger partial charge is 0.306 e. The third-order valence-electron chi connectivity index (χ3n) is 17.4. The number of aliphatic hydroxyl groups is 13. The van der Waals surface area contributed by atoms with Crippen molar-refractivity contribution in [2.75, 3.05) is 46.1 Å². The Morgan fingerprint density at radius 2 is 1.21 bits per heavy atom. The molecule has 2 aromatic rings. The van der Waals surface area contributed by atoms with Crippen LogP contribution in [0.3, 0.4) is 0 Å². The van der Waals surface area contributed by atoms with E-state index in [4.69, 9.17) is 39.9 Å². The molecule has 4 saturated heterocycles. The highest BCUT2D eigenvalue weighted by molar-refractivity contribution is 5.98. The van der Waals surface area contributed by atoms with Gasteiger partial charge in [0.05, 0.1) is 58.1 Å². The Hall–Kier alpha value is -7.68. The van der Waals surface area contributed by atoms with E-state index >= 15 is 9.59 Å². The van der Waals surface area contributed by atoms with Gasteiger partial charge in [0.1, 0.15) is 121 Å². The first kappa shape index (κ1) is 76.1. The number of nitrogens with one attached hydrogen (secondary N) is 7. The summed E-state index contributed by atoms with van der Waals surface area (Å²) in [4.78, 5) is 109. The van der Waals surface area contributed by atoms with Gasteiger partial charge in [0, 0.05) is 18.8 Å². The fourth-order valence-corrected chi connectivity index (χ4v) is 11.9. The summed E-state index contributed by atoms with van der Waals surface area (Å²) < 4.78 is 48.4. The number of aliphatic hydroxyl groups excluding tert-OH is 13. The van der Waals surface area contributed by atoms with E-state index in [9.17, 15) is 94.7 Å². The molecule has 0 saturated carbocycles. The van der Waals surface area contributed by atoms with Crippen LogP contribution in [-0.4, -0.2) is 317 Å². The predicted molar refractivity (Wildman–Crippen MR) is 326 cm³/mol. The topological polar surface area (TPSA) is 602 Å². The van der Waals surface area contributed by atoms with E-state index in [0.717, 1.165) is 17.0 Å². The number of guanidine groups is 2. The van der Waals surface area contributed by atoms with E-state index in [2.05, 4.69) is 47.2 Å². The molecule has 2 aromatic carbocycles. The molecule has 6 amide bonds. The Labute approximate surface area is 557 Å². The number of carbonyl (C=O) groups excluding carboxylic acids is 7. The van der Waals surface area contributed by atoms with Crippen LogP contribution in [0.25, 0.3) is 0 Å². The maximum Gasteiger partial charge on any atom is 0.306 e. The number of halogens is 1. The molecule has 0 spiro atoms. The summed E-state index contributed by atoms with van der Waals surface area (Å²) in [5.41, 5.74) is 12.5. The molecule has 544 valence electrons. The molecule has 0 radical (unpaired) electrons. The van der Waals surface area contributed by atoms with Crippen LogP contribution < -0.4 is 53.4 Å². The van der Waals surface area contributed by atoms with Crippen LogP contribution in [0, 0.1) is 11.7 Å². The molecule has 4 fully saturated rings. The van der Waals surface area contributed by atoms with Crippen molar-refractivity contribution in [1.82, 2.24) is 42.1 Å². The minimum atomic E-state index is -2.38. The molecule has 25 atom stereocenters. The molecule has 38 nitrogen and oxygen atoms in total. The van der Waals surface area contributed by atoms with E-state index in [1.54, 1.807) is 13.8 Å². The summed E-state index contributed by atoms with van der Waals surface area (Å²) in [6.45, 7) is -0.898. The van der Waals surface area contributed by atoms with Gasteiger partial charge in [0.2, 0.25) is 41.7 Å². The van der Waals surface area contributed by atoms with E-state index < -0.39 is 252 Å². The van der Waals surface area contributed by atoms with Gasteiger partial charge in [-0.1, -0.05) is 45.0 Å². The van der Waals surface area contributed by atoms with Crippen molar-refractivity contribution in [2.45, 2.75) is 186 Å². The quantitative estimate of drug-likeness (QED) is 0.0547. The molecule has 8 rings (SSSR count). The Bertz CT molecular complexity index is 3160. The first-order chi connectivity index (χ1) is 46.5. The molecule has 0 aromatic heterocycles. The maximum absolute atomic E-state index is 15.2. The summed E-state index contributed by atoms with van der Waals surface area (Å²) in [5.74, 6) is -11.3. The zero-order valence-electron chi connectivity index (χ0n) is 53.0. The molecule has 39 heteroatoms. The summed E-state index contributed by atoms with van der Waals surface area (Å²) in [6.07, 6.45) is -32.3. The van der Waals surface area contributed by atoms with Gasteiger partial charge in [0.25, 0.3) is 0 Å². The lowest BCUT2D eigenvalue weighted by Crippen LogP contribution is -2.70. The second-order valence-corrected chi connectivity index (χ2v) is 24.8. The largest absolute Gasteiger partial charge is 0.462 e. The van der Waals surface area contributed by atoms with Gasteiger partial charge in [-0.2, -0.15) is 0 Å². The number of ether oxygens (including phenoxy) is 6. The minimum Gasteiger partial charge on any atom is -0.462 e. The van der Waals surface area contributed by atoms with Crippen molar-refractivity contribution in [1.29, 1.82) is 0 Å². The van der Waals surface area contributed by atoms with Gasteiger partial charge in [-0.3, -0.25) is 43.5 Å². The number of hydrogen-bond donors (Lipinski definition) is 22. The highest BCUT2D eigenvalue weighted by atomic mass is 19.1. The van der Waals surface area contributed by atoms with Crippen LogP contribution in [0.2, 0.25) is 0 Å². The Morgan fingerprint density at radius 1 is 0.612 bits per heavy atom. The van der Waals surface area contributed by atoms with E-state index in [-0.39, 0.29) is 41.7 Å². The number of aliphatic imine (C=N–C) groups is 2. The number of nitrogens with zero attached hydrogens (tertiary/aromatic N) is 3. The lowest BCUT2D eigenvalue weighted by Gasteiger charge is -2.46. The lowest BCUT2D eigenvalue weighted by molar-refractivity contribution is -0.353. The van der Waals surface area contributed by atoms with Gasteiger partial charge in [0.15, 0.2) is 30.5 Å². The summed E-state index contributed by atoms with van der Waals surface area (Å²) in [5, 5.41) is 159. The standard InChI is InChI=1S/C59H85FN12O26/c1-21(2)12-35(78)97-49-42(82)32(19-75)95-57(47(49)87)98-48-33(20-76)96-56(46(86)44(48)84)93-26-10-4-23(5-11-26)13-27-51(89)70-37(39(79)28-14-64-58(61)68-28)54(92)71-38(40(80)30-15-65-59(62)72(30)55-45(85)43(83)41(81)31(18-74)94-55)53(91)67-29(17-73)50(88)63-16-34(77)69-36(52(90)66-27)22(3)24-6-8-25(60)9-7-24/h4-11,21-22,27-33,36-49,55-57,73-76,79-87H,12-20H2,1-3H3,(H2,62,65)(H,63,88)(H,66,90)(H,67,91)(H,69,77)(H,70,89)(H,71,92)(H3,61,64,68)/t22?,27-,28?,29+,30?,31-,32-,33-,36+,37+,38-,39?,40?,41-,42-,43+,44-,45+,46+,47+,48-,49+,55+,56+,57-/m1/s1. The summed E-state index contributed by atoms with van der Waals surface area (Å²) in [6, 6.07) is -3.25. The van der Waals surface area contributed by atoms with Crippen LogP contribution >= 0.6 is 0 Å². The molecule has 0 aliphatic carbocycles. The fraction of sp³-hybridized carbons (Fsp3) is 0.644. The van der Waals surface area contributed by atoms with Gasteiger partial charge in [-0.05, 0) is 41.3 Å². The van der Waals surface area contributed by atoms with Crippen LogP contribution in [0.1, 0.15) is 44.2 Å². The predicted octanol–water partition coefficient (Wildman–Crippen LogP) is -11.9. The molecule has 6 aliphatic rings. The maximum atomic E-state index is 15.2. The van der Waals surface area contributed by atoms with Crippen LogP contribution in [0.5, 0.6) is 5.75 Å². The molecule has 98 heavy (non-hydrogen) atoms. The number of benzene rings is 2. The average molecular weight is 1400 g/mol. The van der Waals surface area contributed by atoms with E-state index in [1.807, 2.05) is 0 Å². The van der Waals surface area contributed by atoms with Gasteiger partial charge >= 0.3 is 5.97 Å². The van der Waals surface area contributed by atoms with Crippen molar-refractivity contribution in [2.24, 2.45) is 27.4 Å². The number of esters is 1. The normalized spacial score (nSPS) is 35.7. The van der Waals surface area contributed by atoms with Crippen molar-refractivity contribution in [3.05, 3.63) is 65.5 Å². The Balaban J connectivity index is 1.10. The number of amides is 6. The fourth-order valence-electron chi connectivity index (χ4n) is 11.9. The van der Waals surface area contributed by atoms with Crippen LogP contribution in [0.4, 0.5) is 4.39 Å². The highest BCUT2D eigenvalue weighted by Crippen LogP contribution is 2.33. The number of rotatable bonds is 20. The number of carbonyl (C=O) groups is 7. The Morgan fingerprint density at radius 3 is 1.84 bits per heavy atom. The first-order valence-electron chi connectivity index (χ1n) is 31.3. The zero-order chi connectivity index (χ0) is 71.7. The average Bonchev–Trinajstić information content (AvgIpc) is 1.43.